The van der Waals surface area contributed by atoms with Crippen LogP contribution in [0.15, 0.2) is 18.2 Å². The fraction of sp³-hybridized carbons (Fsp3) is 0.278. The average Bonchev–Trinajstić information content (AvgIpc) is 3.01. The van der Waals surface area contributed by atoms with E-state index in [-0.39, 0.29) is 44.7 Å². The molecule has 0 unspecified atom stereocenters. The monoisotopic (exact) mass is 426 g/mol. The SMILES string of the molecule is CCOC(=O)c1sc(N)c(C#N)c1COC(=O)c1ccc(OC(F)F)c(OC)c1. The van der Waals surface area contributed by atoms with Crippen LogP contribution in [0.1, 0.15) is 38.1 Å². The summed E-state index contributed by atoms with van der Waals surface area (Å²) in [6.07, 6.45) is 0. The molecule has 1 heterocycles. The minimum absolute atomic E-state index is 0.0112. The van der Waals surface area contributed by atoms with Gasteiger partial charge in [0.15, 0.2) is 11.5 Å². The van der Waals surface area contributed by atoms with E-state index in [0.29, 0.717) is 0 Å². The van der Waals surface area contributed by atoms with Crippen LogP contribution in [0.3, 0.4) is 0 Å². The lowest BCUT2D eigenvalue weighted by molar-refractivity contribution is -0.0512. The van der Waals surface area contributed by atoms with Gasteiger partial charge in [-0.2, -0.15) is 14.0 Å². The number of nitrogens with zero attached hydrogens (tertiary/aromatic N) is 1. The zero-order chi connectivity index (χ0) is 21.6. The minimum atomic E-state index is -3.06. The number of nitriles is 1. The third-order valence-electron chi connectivity index (χ3n) is 3.57. The molecule has 0 amide bonds. The summed E-state index contributed by atoms with van der Waals surface area (Å²) in [5.74, 6) is -1.87. The zero-order valence-corrected chi connectivity index (χ0v) is 16.2. The van der Waals surface area contributed by atoms with Crippen molar-refractivity contribution in [2.45, 2.75) is 20.1 Å². The number of benzene rings is 1. The molecule has 0 fully saturated rings. The molecule has 1 aromatic heterocycles. The Labute approximate surface area is 168 Å². The molecule has 2 rings (SSSR count). The van der Waals surface area contributed by atoms with Crippen LogP contribution in [0.2, 0.25) is 0 Å². The molecule has 8 nitrogen and oxygen atoms in total. The van der Waals surface area contributed by atoms with Gasteiger partial charge in [0.1, 0.15) is 22.6 Å². The van der Waals surface area contributed by atoms with Crippen molar-refractivity contribution in [2.75, 3.05) is 19.5 Å². The molecule has 11 heteroatoms. The summed E-state index contributed by atoms with van der Waals surface area (Å²) in [7, 11) is 1.22. The number of esters is 2. The second-order valence-corrected chi connectivity index (χ2v) is 6.35. The predicted octanol–water partition coefficient (Wildman–Crippen LogP) is 3.35. The molecule has 0 saturated carbocycles. The normalized spacial score (nSPS) is 10.3. The molecule has 1 aromatic carbocycles. The molecule has 29 heavy (non-hydrogen) atoms. The lowest BCUT2D eigenvalue weighted by atomic mass is 10.1. The highest BCUT2D eigenvalue weighted by Crippen LogP contribution is 2.33. The van der Waals surface area contributed by atoms with E-state index in [1.54, 1.807) is 6.92 Å². The van der Waals surface area contributed by atoms with Crippen LogP contribution in [0.25, 0.3) is 0 Å². The average molecular weight is 426 g/mol. The fourth-order valence-electron chi connectivity index (χ4n) is 2.32. The lowest BCUT2D eigenvalue weighted by Gasteiger charge is -2.11. The van der Waals surface area contributed by atoms with E-state index in [2.05, 4.69) is 4.74 Å². The van der Waals surface area contributed by atoms with Crippen LogP contribution >= 0.6 is 11.3 Å². The number of methoxy groups -OCH3 is 1. The molecule has 0 saturated heterocycles. The van der Waals surface area contributed by atoms with Crippen molar-refractivity contribution < 1.29 is 37.3 Å². The number of carbonyl (C=O) groups excluding carboxylic acids is 2. The molecule has 0 spiro atoms. The van der Waals surface area contributed by atoms with Crippen LogP contribution in [-0.4, -0.2) is 32.3 Å². The largest absolute Gasteiger partial charge is 0.493 e. The quantitative estimate of drug-likeness (QED) is 0.638. The molecular weight excluding hydrogens is 410 g/mol. The second kappa shape index (κ2) is 9.70. The van der Waals surface area contributed by atoms with E-state index in [1.807, 2.05) is 6.07 Å². The van der Waals surface area contributed by atoms with Gasteiger partial charge < -0.3 is 24.7 Å². The Bertz CT molecular complexity index is 955. The number of hydrogen-bond acceptors (Lipinski definition) is 9. The molecule has 154 valence electrons. The molecule has 0 aliphatic carbocycles. The summed E-state index contributed by atoms with van der Waals surface area (Å²) in [5, 5.41) is 9.36. The van der Waals surface area contributed by atoms with Gasteiger partial charge in [-0.25, -0.2) is 9.59 Å². The molecule has 0 atom stereocenters. The van der Waals surface area contributed by atoms with Crippen molar-refractivity contribution in [3.8, 4) is 17.6 Å². The van der Waals surface area contributed by atoms with E-state index in [0.717, 1.165) is 17.4 Å². The van der Waals surface area contributed by atoms with Gasteiger partial charge in [0, 0.05) is 5.56 Å². The van der Waals surface area contributed by atoms with Gasteiger partial charge in [-0.15, -0.1) is 11.3 Å². The van der Waals surface area contributed by atoms with E-state index in [4.69, 9.17) is 19.9 Å². The third-order valence-corrected chi connectivity index (χ3v) is 4.61. The summed E-state index contributed by atoms with van der Waals surface area (Å²) >= 11 is 0.857. The lowest BCUT2D eigenvalue weighted by Crippen LogP contribution is -2.10. The van der Waals surface area contributed by atoms with E-state index >= 15 is 0 Å². The van der Waals surface area contributed by atoms with Crippen LogP contribution in [0, 0.1) is 11.3 Å². The number of rotatable bonds is 8. The highest BCUT2D eigenvalue weighted by molar-refractivity contribution is 7.18. The van der Waals surface area contributed by atoms with Gasteiger partial charge in [-0.05, 0) is 25.1 Å². The van der Waals surface area contributed by atoms with Gasteiger partial charge in [0.05, 0.1) is 24.8 Å². The number of halogens is 2. The molecule has 0 aliphatic heterocycles. The number of hydrogen-bond donors (Lipinski definition) is 1. The molecule has 0 radical (unpaired) electrons. The highest BCUT2D eigenvalue weighted by Gasteiger charge is 2.24. The first-order valence-electron chi connectivity index (χ1n) is 8.10. The van der Waals surface area contributed by atoms with E-state index in [1.165, 1.54) is 19.2 Å². The van der Waals surface area contributed by atoms with E-state index < -0.39 is 25.2 Å². The van der Waals surface area contributed by atoms with Crippen LogP contribution in [0.4, 0.5) is 13.8 Å². The summed E-state index contributed by atoms with van der Waals surface area (Å²) in [6.45, 7) is -1.74. The van der Waals surface area contributed by atoms with Crippen molar-refractivity contribution in [1.82, 2.24) is 0 Å². The molecular formula is C18H16F2N2O6S. The van der Waals surface area contributed by atoms with Crippen molar-refractivity contribution in [1.29, 1.82) is 5.26 Å². The van der Waals surface area contributed by atoms with E-state index in [9.17, 15) is 23.6 Å². The van der Waals surface area contributed by atoms with Crippen molar-refractivity contribution in [3.05, 3.63) is 39.8 Å². The predicted molar refractivity (Wildman–Crippen MR) is 98.1 cm³/mol. The summed E-state index contributed by atoms with van der Waals surface area (Å²) < 4.78 is 44.1. The molecule has 2 N–H and O–H groups in total. The number of alkyl halides is 2. The van der Waals surface area contributed by atoms with Gasteiger partial charge >= 0.3 is 18.6 Å². The Morgan fingerprint density at radius 3 is 2.55 bits per heavy atom. The Hall–Kier alpha value is -3.39. The number of nitrogen functional groups attached to an aromatic ring is 1. The van der Waals surface area contributed by atoms with Gasteiger partial charge in [0.2, 0.25) is 0 Å². The van der Waals surface area contributed by atoms with Gasteiger partial charge in [-0.1, -0.05) is 0 Å². The molecule has 0 bridgehead atoms. The first-order chi connectivity index (χ1) is 13.8. The summed E-state index contributed by atoms with van der Waals surface area (Å²) in [5.41, 5.74) is 5.89. The highest BCUT2D eigenvalue weighted by atomic mass is 32.1. The summed E-state index contributed by atoms with van der Waals surface area (Å²) in [6, 6.07) is 5.38. The van der Waals surface area contributed by atoms with Crippen LogP contribution < -0.4 is 15.2 Å². The van der Waals surface area contributed by atoms with Crippen molar-refractivity contribution >= 4 is 28.3 Å². The smallest absolute Gasteiger partial charge is 0.387 e. The number of carbonyl (C=O) groups is 2. The third kappa shape index (κ3) is 5.11. The first-order valence-corrected chi connectivity index (χ1v) is 8.92. The number of anilines is 1. The maximum Gasteiger partial charge on any atom is 0.387 e. The first kappa shape index (κ1) is 21.9. The maximum atomic E-state index is 12.4. The van der Waals surface area contributed by atoms with Crippen molar-refractivity contribution in [2.24, 2.45) is 0 Å². The Balaban J connectivity index is 2.23. The van der Waals surface area contributed by atoms with Crippen LogP contribution in [-0.2, 0) is 16.1 Å². The standard InChI is InChI=1S/C18H16F2N2O6S/c1-3-26-17(24)14-11(10(7-21)15(22)29-14)8-27-16(23)9-4-5-12(28-18(19)20)13(6-9)25-2/h4-6,18H,3,8,22H2,1-2H3. The second-order valence-electron chi connectivity index (χ2n) is 5.30. The Morgan fingerprint density at radius 1 is 1.24 bits per heavy atom. The number of nitrogens with two attached hydrogens (primary N) is 1. The number of ether oxygens (including phenoxy) is 4. The minimum Gasteiger partial charge on any atom is -0.493 e. The number of thiophene rings is 1. The Morgan fingerprint density at radius 2 is 1.97 bits per heavy atom. The molecule has 2 aromatic rings. The van der Waals surface area contributed by atoms with Gasteiger partial charge in [0.25, 0.3) is 0 Å². The molecule has 0 aliphatic rings. The topological polar surface area (TPSA) is 121 Å². The Kier molecular flexibility index (Phi) is 7.33. The van der Waals surface area contributed by atoms with Crippen LogP contribution in [0.5, 0.6) is 11.5 Å². The zero-order valence-electron chi connectivity index (χ0n) is 15.4. The fourth-order valence-corrected chi connectivity index (χ4v) is 3.23. The van der Waals surface area contributed by atoms with Crippen molar-refractivity contribution in [3.63, 3.8) is 0 Å². The van der Waals surface area contributed by atoms with Gasteiger partial charge in [-0.3, -0.25) is 0 Å². The summed E-state index contributed by atoms with van der Waals surface area (Å²) in [4.78, 5) is 24.5. The maximum absolute atomic E-state index is 12.4.